The maximum atomic E-state index is 9.70. The second kappa shape index (κ2) is 7.96. The number of aromatic nitrogens is 1. The van der Waals surface area contributed by atoms with Gasteiger partial charge < -0.3 is 10.1 Å². The van der Waals surface area contributed by atoms with Crippen molar-refractivity contribution < 1.29 is 4.74 Å². The number of nitrogens with one attached hydrogen (secondary N) is 1. The molecule has 0 aromatic carbocycles. The number of rotatable bonds is 5. The molecule has 1 fully saturated rings. The van der Waals surface area contributed by atoms with Gasteiger partial charge in [-0.2, -0.15) is 5.26 Å². The molecule has 24 heavy (non-hydrogen) atoms. The molecule has 1 aromatic rings. The van der Waals surface area contributed by atoms with E-state index >= 15 is 0 Å². The first-order valence-electron chi connectivity index (χ1n) is 9.20. The number of nitriles is 1. The van der Waals surface area contributed by atoms with Crippen molar-refractivity contribution >= 4 is 5.82 Å². The molecule has 0 unspecified atom stereocenters. The Balaban J connectivity index is 1.78. The Kier molecular flexibility index (Phi) is 5.70. The molecular formula is C19H28N4O. The molecule has 130 valence electrons. The van der Waals surface area contributed by atoms with Gasteiger partial charge in [0.15, 0.2) is 0 Å². The Bertz CT molecular complexity index is 615. The van der Waals surface area contributed by atoms with E-state index in [2.05, 4.69) is 30.1 Å². The number of fused-ring (bicyclic) bond motifs is 1. The lowest BCUT2D eigenvalue weighted by atomic mass is 9.85. The van der Waals surface area contributed by atoms with Gasteiger partial charge in [0.1, 0.15) is 11.9 Å². The van der Waals surface area contributed by atoms with Crippen LogP contribution in [0.15, 0.2) is 0 Å². The van der Waals surface area contributed by atoms with E-state index in [1.807, 2.05) is 0 Å². The third kappa shape index (κ3) is 3.71. The molecule has 0 amide bonds. The van der Waals surface area contributed by atoms with Crippen LogP contribution < -0.4 is 5.32 Å². The van der Waals surface area contributed by atoms with E-state index in [-0.39, 0.29) is 0 Å². The molecule has 0 radical (unpaired) electrons. The summed E-state index contributed by atoms with van der Waals surface area (Å²) >= 11 is 0. The molecule has 1 aliphatic carbocycles. The molecule has 0 bridgehead atoms. The Labute approximate surface area is 145 Å². The van der Waals surface area contributed by atoms with Gasteiger partial charge in [0.05, 0.1) is 18.8 Å². The maximum absolute atomic E-state index is 9.70. The lowest BCUT2D eigenvalue weighted by molar-refractivity contribution is 0.0398. The average molecular weight is 328 g/mol. The van der Waals surface area contributed by atoms with Crippen molar-refractivity contribution in [2.45, 2.75) is 45.4 Å². The molecule has 5 nitrogen and oxygen atoms in total. The first-order chi connectivity index (χ1) is 11.7. The summed E-state index contributed by atoms with van der Waals surface area (Å²) in [6.45, 7) is 9.78. The average Bonchev–Trinajstić information content (AvgIpc) is 2.61. The summed E-state index contributed by atoms with van der Waals surface area (Å²) in [4.78, 5) is 7.26. The highest BCUT2D eigenvalue weighted by Crippen LogP contribution is 2.33. The number of morpholine rings is 1. The largest absolute Gasteiger partial charge is 0.379 e. The third-order valence-corrected chi connectivity index (χ3v) is 5.03. The number of nitrogens with zero attached hydrogens (tertiary/aromatic N) is 3. The van der Waals surface area contributed by atoms with Gasteiger partial charge in [-0.05, 0) is 42.7 Å². The second-order valence-electron chi connectivity index (χ2n) is 7.03. The summed E-state index contributed by atoms with van der Waals surface area (Å²) in [6.07, 6.45) is 4.47. The molecule has 1 aromatic heterocycles. The van der Waals surface area contributed by atoms with Crippen molar-refractivity contribution in [1.82, 2.24) is 9.88 Å². The van der Waals surface area contributed by atoms with E-state index in [1.165, 1.54) is 29.7 Å². The van der Waals surface area contributed by atoms with Crippen molar-refractivity contribution in [3.8, 4) is 6.07 Å². The van der Waals surface area contributed by atoms with E-state index in [9.17, 15) is 5.26 Å². The smallest absolute Gasteiger partial charge is 0.144 e. The minimum atomic E-state index is 0.393. The molecule has 0 saturated carbocycles. The molecule has 1 aliphatic heterocycles. The van der Waals surface area contributed by atoms with Gasteiger partial charge in [-0.15, -0.1) is 0 Å². The van der Waals surface area contributed by atoms with Gasteiger partial charge in [-0.1, -0.05) is 13.8 Å². The van der Waals surface area contributed by atoms with Gasteiger partial charge in [0, 0.05) is 31.9 Å². The van der Waals surface area contributed by atoms with Crippen molar-refractivity contribution in [3.05, 3.63) is 22.4 Å². The fraction of sp³-hybridized carbons (Fsp3) is 0.684. The molecule has 2 heterocycles. The zero-order chi connectivity index (χ0) is 16.9. The number of ether oxygens (including phenoxy) is 1. The molecule has 0 atom stereocenters. The highest BCUT2D eigenvalue weighted by molar-refractivity contribution is 5.60. The molecule has 1 N–H and O–H groups in total. The first-order valence-corrected chi connectivity index (χ1v) is 9.20. The van der Waals surface area contributed by atoms with Gasteiger partial charge in [0.2, 0.25) is 0 Å². The van der Waals surface area contributed by atoms with Crippen molar-refractivity contribution in [3.63, 3.8) is 0 Å². The van der Waals surface area contributed by atoms with E-state index in [0.717, 1.165) is 63.6 Å². The summed E-state index contributed by atoms with van der Waals surface area (Å²) in [7, 11) is 0. The summed E-state index contributed by atoms with van der Waals surface area (Å²) in [5.41, 5.74) is 4.54. The van der Waals surface area contributed by atoms with Crippen LogP contribution in [0.2, 0.25) is 0 Å². The monoisotopic (exact) mass is 328 g/mol. The minimum Gasteiger partial charge on any atom is -0.379 e. The van der Waals surface area contributed by atoms with Crippen molar-refractivity contribution in [2.75, 3.05) is 44.7 Å². The highest BCUT2D eigenvalue weighted by Gasteiger charge is 2.23. The van der Waals surface area contributed by atoms with Gasteiger partial charge in [-0.25, -0.2) is 4.98 Å². The van der Waals surface area contributed by atoms with E-state index in [4.69, 9.17) is 9.72 Å². The van der Waals surface area contributed by atoms with Crippen LogP contribution in [0.3, 0.4) is 0 Å². The normalized spacial score (nSPS) is 18.2. The maximum Gasteiger partial charge on any atom is 0.144 e. The summed E-state index contributed by atoms with van der Waals surface area (Å²) in [5.74, 6) is 1.18. The Morgan fingerprint density at radius 2 is 1.92 bits per heavy atom. The standard InChI is InChI=1S/C19H28N4O/c1-14(2)18-16-6-4-3-5-15(16)17(13-20)19(22-18)21-7-8-23-9-11-24-12-10-23/h14H,3-12H2,1-2H3,(H,21,22). The zero-order valence-electron chi connectivity index (χ0n) is 14.9. The lowest BCUT2D eigenvalue weighted by Gasteiger charge is -2.27. The highest BCUT2D eigenvalue weighted by atomic mass is 16.5. The van der Waals surface area contributed by atoms with Gasteiger partial charge in [-0.3, -0.25) is 4.90 Å². The number of anilines is 1. The van der Waals surface area contributed by atoms with Crippen LogP contribution in [-0.4, -0.2) is 49.3 Å². The number of pyridine rings is 1. The Morgan fingerprint density at radius 1 is 1.21 bits per heavy atom. The van der Waals surface area contributed by atoms with Crippen LogP contribution in [0.5, 0.6) is 0 Å². The second-order valence-corrected chi connectivity index (χ2v) is 7.03. The fourth-order valence-electron chi connectivity index (χ4n) is 3.73. The van der Waals surface area contributed by atoms with Crippen LogP contribution >= 0.6 is 0 Å². The predicted molar refractivity (Wildman–Crippen MR) is 95.4 cm³/mol. The molecule has 2 aliphatic rings. The molecule has 3 rings (SSSR count). The summed E-state index contributed by atoms with van der Waals surface area (Å²) in [6, 6.07) is 2.42. The van der Waals surface area contributed by atoms with E-state index < -0.39 is 0 Å². The zero-order valence-corrected chi connectivity index (χ0v) is 14.9. The van der Waals surface area contributed by atoms with Gasteiger partial charge in [0.25, 0.3) is 0 Å². The van der Waals surface area contributed by atoms with Crippen LogP contribution in [0, 0.1) is 11.3 Å². The molecular weight excluding hydrogens is 300 g/mol. The van der Waals surface area contributed by atoms with Gasteiger partial charge >= 0.3 is 0 Å². The molecule has 1 saturated heterocycles. The van der Waals surface area contributed by atoms with E-state index in [0.29, 0.717) is 5.92 Å². The van der Waals surface area contributed by atoms with Crippen LogP contribution in [0.25, 0.3) is 0 Å². The number of hydrogen-bond acceptors (Lipinski definition) is 5. The van der Waals surface area contributed by atoms with Crippen LogP contribution in [0.4, 0.5) is 5.82 Å². The minimum absolute atomic E-state index is 0.393. The SMILES string of the molecule is CC(C)c1nc(NCCN2CCOCC2)c(C#N)c2c1CCCC2. The first kappa shape index (κ1) is 17.2. The van der Waals surface area contributed by atoms with Crippen molar-refractivity contribution in [2.24, 2.45) is 0 Å². The third-order valence-electron chi connectivity index (χ3n) is 5.03. The topological polar surface area (TPSA) is 61.2 Å². The van der Waals surface area contributed by atoms with Crippen molar-refractivity contribution in [1.29, 1.82) is 5.26 Å². The number of hydrogen-bond donors (Lipinski definition) is 1. The van der Waals surface area contributed by atoms with Crippen LogP contribution in [0.1, 0.15) is 55.0 Å². The fourth-order valence-corrected chi connectivity index (χ4v) is 3.73. The Morgan fingerprint density at radius 3 is 2.58 bits per heavy atom. The summed E-state index contributed by atoms with van der Waals surface area (Å²) in [5, 5.41) is 13.1. The van der Waals surface area contributed by atoms with E-state index in [1.54, 1.807) is 0 Å². The lowest BCUT2D eigenvalue weighted by Crippen LogP contribution is -2.39. The van der Waals surface area contributed by atoms with Crippen LogP contribution in [-0.2, 0) is 17.6 Å². The quantitative estimate of drug-likeness (QED) is 0.900. The molecule has 0 spiro atoms. The summed E-state index contributed by atoms with van der Waals surface area (Å²) < 4.78 is 5.39. The predicted octanol–water partition coefficient (Wildman–Crippen LogP) is 2.70. The Hall–Kier alpha value is -1.64. The molecule has 5 heteroatoms.